The highest BCUT2D eigenvalue weighted by Gasteiger charge is 2.22. The molecule has 1 aromatic carbocycles. The van der Waals surface area contributed by atoms with Crippen molar-refractivity contribution in [1.82, 2.24) is 20.4 Å². The predicted octanol–water partition coefficient (Wildman–Crippen LogP) is 0.591. The Labute approximate surface area is 110 Å². The molecule has 6 heteroatoms. The molecule has 0 aliphatic heterocycles. The third-order valence-electron chi connectivity index (χ3n) is 2.68. The van der Waals surface area contributed by atoms with Gasteiger partial charge in [0.05, 0.1) is 17.4 Å². The molecule has 0 fully saturated rings. The second kappa shape index (κ2) is 5.34. The summed E-state index contributed by atoms with van der Waals surface area (Å²) in [5, 5.41) is 9.13. The number of amides is 2. The van der Waals surface area contributed by atoms with E-state index in [0.717, 1.165) is 5.69 Å². The molecule has 0 spiro atoms. The Bertz CT molecular complexity index is 604. The number of nitrogens with one attached hydrogen (secondary N) is 2. The number of carbonyl (C=O) groups excluding carboxylic acids is 2. The van der Waals surface area contributed by atoms with Crippen molar-refractivity contribution < 1.29 is 9.59 Å². The summed E-state index contributed by atoms with van der Waals surface area (Å²) in [4.78, 5) is 23.7. The minimum Gasteiger partial charge on any atom is -0.355 e. The SMILES string of the molecule is CNC(=O)c1cnn(-c2ccccc2)c1C(=O)NC. The second-order valence-corrected chi connectivity index (χ2v) is 3.81. The van der Waals surface area contributed by atoms with E-state index < -0.39 is 0 Å². The molecule has 19 heavy (non-hydrogen) atoms. The summed E-state index contributed by atoms with van der Waals surface area (Å²) in [6.07, 6.45) is 1.39. The molecule has 6 nitrogen and oxygen atoms in total. The first-order valence-corrected chi connectivity index (χ1v) is 5.76. The van der Waals surface area contributed by atoms with Gasteiger partial charge in [0, 0.05) is 14.1 Å². The minimum absolute atomic E-state index is 0.216. The third kappa shape index (κ3) is 2.33. The molecule has 98 valence electrons. The highest BCUT2D eigenvalue weighted by atomic mass is 16.2. The highest BCUT2D eigenvalue weighted by Crippen LogP contribution is 2.14. The van der Waals surface area contributed by atoms with Crippen LogP contribution in [0.5, 0.6) is 0 Å². The molecule has 2 rings (SSSR count). The maximum absolute atomic E-state index is 12.0. The van der Waals surface area contributed by atoms with Gasteiger partial charge in [-0.15, -0.1) is 0 Å². The molecular formula is C13H14N4O2. The van der Waals surface area contributed by atoms with E-state index in [-0.39, 0.29) is 23.1 Å². The van der Waals surface area contributed by atoms with Crippen LogP contribution in [0.25, 0.3) is 5.69 Å². The Kier molecular flexibility index (Phi) is 3.61. The Morgan fingerprint density at radius 1 is 1.05 bits per heavy atom. The number of aromatic nitrogens is 2. The molecule has 0 aliphatic carbocycles. The van der Waals surface area contributed by atoms with Gasteiger partial charge in [-0.05, 0) is 12.1 Å². The smallest absolute Gasteiger partial charge is 0.270 e. The van der Waals surface area contributed by atoms with Gasteiger partial charge in [0.15, 0.2) is 0 Å². The van der Waals surface area contributed by atoms with Gasteiger partial charge in [-0.2, -0.15) is 5.10 Å². The Morgan fingerprint density at radius 3 is 2.26 bits per heavy atom. The fraction of sp³-hybridized carbons (Fsp3) is 0.154. The van der Waals surface area contributed by atoms with Crippen molar-refractivity contribution in [2.45, 2.75) is 0 Å². The largest absolute Gasteiger partial charge is 0.355 e. The molecule has 0 saturated heterocycles. The summed E-state index contributed by atoms with van der Waals surface area (Å²) in [7, 11) is 3.02. The summed E-state index contributed by atoms with van der Waals surface area (Å²) < 4.78 is 1.45. The van der Waals surface area contributed by atoms with Crippen molar-refractivity contribution in [1.29, 1.82) is 0 Å². The summed E-state index contributed by atoms with van der Waals surface area (Å²) >= 11 is 0. The van der Waals surface area contributed by atoms with Gasteiger partial charge in [0.1, 0.15) is 5.69 Å². The normalized spacial score (nSPS) is 10.0. The Hall–Kier alpha value is -2.63. The highest BCUT2D eigenvalue weighted by molar-refractivity contribution is 6.06. The van der Waals surface area contributed by atoms with E-state index in [9.17, 15) is 9.59 Å². The standard InChI is InChI=1S/C13H14N4O2/c1-14-12(18)10-8-16-17(11(10)13(19)15-2)9-6-4-3-5-7-9/h3-8H,1-2H3,(H,14,18)(H,15,19). The summed E-state index contributed by atoms with van der Waals surface area (Å²) in [6.45, 7) is 0. The topological polar surface area (TPSA) is 76.0 Å². The van der Waals surface area contributed by atoms with Gasteiger partial charge in [0.2, 0.25) is 0 Å². The number of para-hydroxylation sites is 1. The van der Waals surface area contributed by atoms with Crippen molar-refractivity contribution in [3.63, 3.8) is 0 Å². The number of nitrogens with zero attached hydrogens (tertiary/aromatic N) is 2. The minimum atomic E-state index is -0.361. The first kappa shape index (κ1) is 12.8. The van der Waals surface area contributed by atoms with E-state index in [4.69, 9.17) is 0 Å². The van der Waals surface area contributed by atoms with Crippen LogP contribution in [0.2, 0.25) is 0 Å². The molecule has 0 aliphatic rings. The molecule has 1 aromatic heterocycles. The molecular weight excluding hydrogens is 244 g/mol. The van der Waals surface area contributed by atoms with Crippen LogP contribution in [0.1, 0.15) is 20.8 Å². The van der Waals surface area contributed by atoms with E-state index in [0.29, 0.717) is 0 Å². The van der Waals surface area contributed by atoms with E-state index in [2.05, 4.69) is 15.7 Å². The first-order valence-electron chi connectivity index (χ1n) is 5.76. The van der Waals surface area contributed by atoms with Crippen molar-refractivity contribution in [2.24, 2.45) is 0 Å². The van der Waals surface area contributed by atoms with Crippen molar-refractivity contribution in [2.75, 3.05) is 14.1 Å². The maximum atomic E-state index is 12.0. The fourth-order valence-corrected chi connectivity index (χ4v) is 1.75. The van der Waals surface area contributed by atoms with Crippen LogP contribution in [0.15, 0.2) is 36.5 Å². The summed E-state index contributed by atoms with van der Waals surface area (Å²) in [6, 6.07) is 9.17. The lowest BCUT2D eigenvalue weighted by Gasteiger charge is -2.07. The van der Waals surface area contributed by atoms with E-state index >= 15 is 0 Å². The quantitative estimate of drug-likeness (QED) is 0.846. The molecule has 0 bridgehead atoms. The second-order valence-electron chi connectivity index (χ2n) is 3.81. The number of hydrogen-bond donors (Lipinski definition) is 2. The lowest BCUT2D eigenvalue weighted by Crippen LogP contribution is -2.27. The van der Waals surface area contributed by atoms with Crippen molar-refractivity contribution in [3.05, 3.63) is 47.8 Å². The van der Waals surface area contributed by atoms with Gasteiger partial charge >= 0.3 is 0 Å². The van der Waals surface area contributed by atoms with Crippen molar-refractivity contribution >= 4 is 11.8 Å². The van der Waals surface area contributed by atoms with Crippen LogP contribution in [0, 0.1) is 0 Å². The van der Waals surface area contributed by atoms with Gasteiger partial charge in [-0.1, -0.05) is 18.2 Å². The fourth-order valence-electron chi connectivity index (χ4n) is 1.75. The number of benzene rings is 1. The van der Waals surface area contributed by atoms with Gasteiger partial charge in [0.25, 0.3) is 11.8 Å². The molecule has 1 heterocycles. The zero-order valence-electron chi connectivity index (χ0n) is 10.7. The van der Waals surface area contributed by atoms with Crippen LogP contribution in [0.4, 0.5) is 0 Å². The van der Waals surface area contributed by atoms with E-state index in [1.807, 2.05) is 30.3 Å². The van der Waals surface area contributed by atoms with Crippen molar-refractivity contribution in [3.8, 4) is 5.69 Å². The van der Waals surface area contributed by atoms with Crippen LogP contribution in [0.3, 0.4) is 0 Å². The lowest BCUT2D eigenvalue weighted by molar-refractivity contribution is 0.0925. The summed E-state index contributed by atoms with van der Waals surface area (Å²) in [5.41, 5.74) is 1.18. The average molecular weight is 258 g/mol. The summed E-state index contributed by atoms with van der Waals surface area (Å²) in [5.74, 6) is -0.708. The number of rotatable bonds is 3. The Balaban J connectivity index is 2.60. The van der Waals surface area contributed by atoms with Gasteiger partial charge < -0.3 is 10.6 Å². The van der Waals surface area contributed by atoms with Crippen LogP contribution in [-0.2, 0) is 0 Å². The lowest BCUT2D eigenvalue weighted by atomic mass is 10.2. The van der Waals surface area contributed by atoms with Crippen LogP contribution >= 0.6 is 0 Å². The van der Waals surface area contributed by atoms with Crippen LogP contribution < -0.4 is 10.6 Å². The van der Waals surface area contributed by atoms with Crippen LogP contribution in [-0.4, -0.2) is 35.7 Å². The molecule has 2 N–H and O–H groups in total. The molecule has 0 unspecified atom stereocenters. The number of hydrogen-bond acceptors (Lipinski definition) is 3. The third-order valence-corrected chi connectivity index (χ3v) is 2.68. The van der Waals surface area contributed by atoms with E-state index in [1.54, 1.807) is 0 Å². The Morgan fingerprint density at radius 2 is 1.68 bits per heavy atom. The number of carbonyl (C=O) groups is 2. The maximum Gasteiger partial charge on any atom is 0.270 e. The molecule has 2 aromatic rings. The van der Waals surface area contributed by atoms with Gasteiger partial charge in [-0.25, -0.2) is 4.68 Å². The molecule has 0 saturated carbocycles. The van der Waals surface area contributed by atoms with Gasteiger partial charge in [-0.3, -0.25) is 9.59 Å². The zero-order valence-corrected chi connectivity index (χ0v) is 10.7. The first-order chi connectivity index (χ1) is 9.19. The molecule has 2 amide bonds. The van der Waals surface area contributed by atoms with E-state index in [1.165, 1.54) is 25.0 Å². The predicted molar refractivity (Wildman–Crippen MR) is 70.3 cm³/mol. The average Bonchev–Trinajstić information content (AvgIpc) is 2.91. The zero-order chi connectivity index (χ0) is 13.8. The molecule has 0 radical (unpaired) electrons. The monoisotopic (exact) mass is 258 g/mol. The molecule has 0 atom stereocenters.